The minimum absolute atomic E-state index is 0.00281. The summed E-state index contributed by atoms with van der Waals surface area (Å²) in [7, 11) is 2.79. The Bertz CT molecular complexity index is 590. The standard InChI is InChI=1S/C15H14O5/c1-19-13-8-6-11(4-3-5-15(18)20-2)10-12(13)7-9-14(16)17/h6-10H,5H2,1-2H3,(H,16,17)/b9-7+. The van der Waals surface area contributed by atoms with Crippen LogP contribution in [0.2, 0.25) is 0 Å². The number of esters is 1. The third-order valence-corrected chi connectivity index (χ3v) is 2.33. The van der Waals surface area contributed by atoms with Crippen LogP contribution in [0.5, 0.6) is 5.75 Å². The summed E-state index contributed by atoms with van der Waals surface area (Å²) in [6.45, 7) is 0. The van der Waals surface area contributed by atoms with Gasteiger partial charge in [-0.15, -0.1) is 0 Å². The van der Waals surface area contributed by atoms with E-state index in [0.29, 0.717) is 16.9 Å². The van der Waals surface area contributed by atoms with E-state index in [9.17, 15) is 9.59 Å². The van der Waals surface area contributed by atoms with Gasteiger partial charge in [-0.1, -0.05) is 11.8 Å². The molecule has 1 aromatic rings. The molecule has 0 aliphatic rings. The Morgan fingerprint density at radius 3 is 2.70 bits per heavy atom. The molecule has 0 saturated heterocycles. The Morgan fingerprint density at radius 2 is 2.10 bits per heavy atom. The Labute approximate surface area is 116 Å². The molecule has 0 unspecified atom stereocenters. The normalized spacial score (nSPS) is 9.70. The van der Waals surface area contributed by atoms with E-state index in [1.54, 1.807) is 18.2 Å². The average molecular weight is 274 g/mol. The highest BCUT2D eigenvalue weighted by molar-refractivity contribution is 5.86. The van der Waals surface area contributed by atoms with Crippen molar-refractivity contribution in [2.45, 2.75) is 6.42 Å². The monoisotopic (exact) mass is 274 g/mol. The van der Waals surface area contributed by atoms with Crippen LogP contribution in [-0.4, -0.2) is 31.3 Å². The molecule has 0 saturated carbocycles. The largest absolute Gasteiger partial charge is 0.496 e. The number of carbonyl (C=O) groups excluding carboxylic acids is 1. The van der Waals surface area contributed by atoms with Crippen molar-refractivity contribution in [2.75, 3.05) is 14.2 Å². The highest BCUT2D eigenvalue weighted by Gasteiger charge is 2.01. The topological polar surface area (TPSA) is 72.8 Å². The Morgan fingerprint density at radius 1 is 1.35 bits per heavy atom. The lowest BCUT2D eigenvalue weighted by Crippen LogP contribution is -1.97. The minimum atomic E-state index is -1.05. The molecule has 0 spiro atoms. The van der Waals surface area contributed by atoms with E-state index in [0.717, 1.165) is 6.08 Å². The van der Waals surface area contributed by atoms with Gasteiger partial charge >= 0.3 is 11.9 Å². The lowest BCUT2D eigenvalue weighted by molar-refractivity contribution is -0.139. The Kier molecular flexibility index (Phi) is 5.85. The number of ether oxygens (including phenoxy) is 2. The van der Waals surface area contributed by atoms with E-state index >= 15 is 0 Å². The molecule has 0 radical (unpaired) electrons. The van der Waals surface area contributed by atoms with Gasteiger partial charge in [-0.3, -0.25) is 4.79 Å². The van der Waals surface area contributed by atoms with Crippen LogP contribution >= 0.6 is 0 Å². The van der Waals surface area contributed by atoms with Crippen LogP contribution in [0.4, 0.5) is 0 Å². The zero-order chi connectivity index (χ0) is 15.0. The fourth-order valence-electron chi connectivity index (χ4n) is 1.39. The van der Waals surface area contributed by atoms with E-state index in [4.69, 9.17) is 9.84 Å². The molecule has 1 N–H and O–H groups in total. The lowest BCUT2D eigenvalue weighted by atomic mass is 10.1. The molecule has 0 aromatic heterocycles. The summed E-state index contributed by atoms with van der Waals surface area (Å²) in [5, 5.41) is 8.63. The first-order valence-corrected chi connectivity index (χ1v) is 5.71. The number of carboxylic acid groups (broad SMARTS) is 1. The van der Waals surface area contributed by atoms with Crippen LogP contribution < -0.4 is 4.74 Å². The summed E-state index contributed by atoms with van der Waals surface area (Å²) in [6, 6.07) is 5.09. The van der Waals surface area contributed by atoms with Gasteiger partial charge in [0, 0.05) is 17.2 Å². The molecule has 5 heteroatoms. The molecular weight excluding hydrogens is 260 g/mol. The third-order valence-electron chi connectivity index (χ3n) is 2.33. The second kappa shape index (κ2) is 7.64. The summed E-state index contributed by atoms with van der Waals surface area (Å²) < 4.78 is 9.60. The molecule has 5 nitrogen and oxygen atoms in total. The molecule has 0 heterocycles. The average Bonchev–Trinajstić information content (AvgIpc) is 2.45. The predicted octanol–water partition coefficient (Wildman–Crippen LogP) is 1.71. The van der Waals surface area contributed by atoms with Gasteiger partial charge < -0.3 is 14.6 Å². The third kappa shape index (κ3) is 4.86. The van der Waals surface area contributed by atoms with Gasteiger partial charge in [-0.2, -0.15) is 0 Å². The van der Waals surface area contributed by atoms with Crippen molar-refractivity contribution in [1.82, 2.24) is 0 Å². The van der Waals surface area contributed by atoms with E-state index in [-0.39, 0.29) is 6.42 Å². The van der Waals surface area contributed by atoms with E-state index < -0.39 is 11.9 Å². The quantitative estimate of drug-likeness (QED) is 0.514. The van der Waals surface area contributed by atoms with Gasteiger partial charge in [0.2, 0.25) is 0 Å². The predicted molar refractivity (Wildman–Crippen MR) is 73.2 cm³/mol. The summed E-state index contributed by atoms with van der Waals surface area (Å²) in [5.41, 5.74) is 1.25. The zero-order valence-corrected chi connectivity index (χ0v) is 11.2. The number of carboxylic acids is 1. The molecule has 0 fully saturated rings. The van der Waals surface area contributed by atoms with Gasteiger partial charge in [0.15, 0.2) is 0 Å². The van der Waals surface area contributed by atoms with Gasteiger partial charge in [0.25, 0.3) is 0 Å². The minimum Gasteiger partial charge on any atom is -0.496 e. The Hall–Kier alpha value is -2.74. The molecule has 0 aliphatic heterocycles. The van der Waals surface area contributed by atoms with Gasteiger partial charge in [-0.05, 0) is 24.3 Å². The fourth-order valence-corrected chi connectivity index (χ4v) is 1.39. The number of rotatable bonds is 4. The van der Waals surface area contributed by atoms with Crippen molar-refractivity contribution in [3.8, 4) is 17.6 Å². The summed E-state index contributed by atoms with van der Waals surface area (Å²) in [5.74, 6) is 4.57. The van der Waals surface area contributed by atoms with Crippen molar-refractivity contribution in [1.29, 1.82) is 0 Å². The van der Waals surface area contributed by atoms with Crippen LogP contribution in [0.15, 0.2) is 24.3 Å². The maximum Gasteiger partial charge on any atom is 0.328 e. The van der Waals surface area contributed by atoms with Crippen LogP contribution in [0.25, 0.3) is 6.08 Å². The number of benzene rings is 1. The van der Waals surface area contributed by atoms with Crippen LogP contribution in [-0.2, 0) is 14.3 Å². The molecule has 0 atom stereocenters. The summed E-state index contributed by atoms with van der Waals surface area (Å²) in [6.07, 6.45) is 2.44. The molecule has 0 bridgehead atoms. The molecule has 0 aliphatic carbocycles. The first-order chi connectivity index (χ1) is 9.56. The van der Waals surface area contributed by atoms with Crippen molar-refractivity contribution >= 4 is 18.0 Å². The Balaban J connectivity index is 2.97. The maximum absolute atomic E-state index is 10.9. The zero-order valence-electron chi connectivity index (χ0n) is 11.2. The van der Waals surface area contributed by atoms with Crippen LogP contribution in [0.3, 0.4) is 0 Å². The van der Waals surface area contributed by atoms with Crippen molar-refractivity contribution in [3.63, 3.8) is 0 Å². The van der Waals surface area contributed by atoms with Crippen molar-refractivity contribution in [2.24, 2.45) is 0 Å². The summed E-state index contributed by atoms with van der Waals surface area (Å²) >= 11 is 0. The molecule has 1 rings (SSSR count). The SMILES string of the molecule is COC(=O)CC#Cc1ccc(OC)c(/C=C/C(=O)O)c1. The number of carbonyl (C=O) groups is 2. The first-order valence-electron chi connectivity index (χ1n) is 5.71. The number of hydrogen-bond donors (Lipinski definition) is 1. The van der Waals surface area contributed by atoms with Gasteiger partial charge in [0.05, 0.1) is 14.2 Å². The molecular formula is C15H14O5. The summed E-state index contributed by atoms with van der Waals surface area (Å²) in [4.78, 5) is 21.5. The lowest BCUT2D eigenvalue weighted by Gasteiger charge is -2.04. The van der Waals surface area contributed by atoms with Crippen LogP contribution in [0, 0.1) is 11.8 Å². The molecule has 104 valence electrons. The highest BCUT2D eigenvalue weighted by Crippen LogP contribution is 2.21. The van der Waals surface area contributed by atoms with E-state index in [1.165, 1.54) is 20.3 Å². The highest BCUT2D eigenvalue weighted by atomic mass is 16.5. The van der Waals surface area contributed by atoms with Gasteiger partial charge in [-0.25, -0.2) is 4.79 Å². The number of methoxy groups -OCH3 is 2. The van der Waals surface area contributed by atoms with E-state index in [2.05, 4.69) is 16.6 Å². The second-order valence-electron chi connectivity index (χ2n) is 3.68. The van der Waals surface area contributed by atoms with E-state index in [1.807, 2.05) is 0 Å². The second-order valence-corrected chi connectivity index (χ2v) is 3.68. The maximum atomic E-state index is 10.9. The fraction of sp³-hybridized carbons (Fsp3) is 0.200. The number of aliphatic carboxylic acids is 1. The van der Waals surface area contributed by atoms with Gasteiger partial charge in [0.1, 0.15) is 12.2 Å². The first kappa shape index (κ1) is 15.3. The van der Waals surface area contributed by atoms with Crippen LogP contribution in [0.1, 0.15) is 17.5 Å². The van der Waals surface area contributed by atoms with Crippen molar-refractivity contribution < 1.29 is 24.2 Å². The van der Waals surface area contributed by atoms with Crippen molar-refractivity contribution in [3.05, 3.63) is 35.4 Å². The number of hydrogen-bond acceptors (Lipinski definition) is 4. The molecule has 1 aromatic carbocycles. The molecule has 20 heavy (non-hydrogen) atoms. The smallest absolute Gasteiger partial charge is 0.328 e. The molecule has 0 amide bonds.